The number of halogens is 4. The van der Waals surface area contributed by atoms with Crippen LogP contribution in [-0.4, -0.2) is 13.2 Å². The predicted molar refractivity (Wildman–Crippen MR) is 149 cm³/mol. The molecular weight excluding hydrogens is 520 g/mol. The van der Waals surface area contributed by atoms with Crippen molar-refractivity contribution < 1.29 is 27.0 Å². The van der Waals surface area contributed by atoms with E-state index in [2.05, 4.69) is 35.9 Å². The number of azo groups is 1. The molecule has 0 N–H and O–H groups in total. The van der Waals surface area contributed by atoms with Gasteiger partial charge < -0.3 is 9.47 Å². The quantitative estimate of drug-likeness (QED) is 0.0654. The number of rotatable bonds is 14. The molecule has 0 aliphatic carbocycles. The molecule has 0 heterocycles. The van der Waals surface area contributed by atoms with Gasteiger partial charge >= 0.3 is 0 Å². The van der Waals surface area contributed by atoms with Gasteiger partial charge in [0.05, 0.1) is 24.6 Å². The van der Waals surface area contributed by atoms with Crippen molar-refractivity contribution in [2.45, 2.75) is 65.2 Å². The standard InChI is InChI=1S/C32H34F4N2O2/c1-3-5-7-8-10-22-40-32-30(35)28(33)27(29(34)31(32)36)20-13-23-11-14-24(15-12-23)37-38-25-16-18-26(19-17-25)39-21-9-6-4-2/h11-12,14-19H,3-10,21-22H2,1-2H3. The van der Waals surface area contributed by atoms with Gasteiger partial charge in [-0.1, -0.05) is 64.2 Å². The molecule has 0 saturated carbocycles. The lowest BCUT2D eigenvalue weighted by Gasteiger charge is -2.11. The van der Waals surface area contributed by atoms with Gasteiger partial charge in [0.2, 0.25) is 11.6 Å². The van der Waals surface area contributed by atoms with E-state index in [4.69, 9.17) is 9.47 Å². The molecule has 0 radical (unpaired) electrons. The number of unbranched alkanes of at least 4 members (excludes halogenated alkanes) is 6. The van der Waals surface area contributed by atoms with Gasteiger partial charge in [0, 0.05) is 5.56 Å². The lowest BCUT2D eigenvalue weighted by atomic mass is 10.1. The Balaban J connectivity index is 1.62. The topological polar surface area (TPSA) is 43.2 Å². The highest BCUT2D eigenvalue weighted by atomic mass is 19.2. The first-order chi connectivity index (χ1) is 19.4. The van der Waals surface area contributed by atoms with E-state index in [0.717, 1.165) is 50.7 Å². The van der Waals surface area contributed by atoms with E-state index in [-0.39, 0.29) is 6.61 Å². The Bertz CT molecular complexity index is 1280. The summed E-state index contributed by atoms with van der Waals surface area (Å²) in [6.45, 7) is 4.84. The smallest absolute Gasteiger partial charge is 0.205 e. The average Bonchev–Trinajstić information content (AvgIpc) is 2.97. The van der Waals surface area contributed by atoms with E-state index in [1.54, 1.807) is 36.4 Å². The average molecular weight is 555 g/mol. The van der Waals surface area contributed by atoms with Crippen LogP contribution >= 0.6 is 0 Å². The Morgan fingerprint density at radius 2 is 1.07 bits per heavy atom. The van der Waals surface area contributed by atoms with E-state index < -0.39 is 34.6 Å². The molecule has 8 heteroatoms. The summed E-state index contributed by atoms with van der Waals surface area (Å²) in [7, 11) is 0. The van der Waals surface area contributed by atoms with Gasteiger partial charge in [0.25, 0.3) is 0 Å². The van der Waals surface area contributed by atoms with Crippen LogP contribution in [0.2, 0.25) is 0 Å². The molecule has 0 aliphatic rings. The Morgan fingerprint density at radius 1 is 0.575 bits per heavy atom. The van der Waals surface area contributed by atoms with Crippen LogP contribution in [0.1, 0.15) is 76.3 Å². The van der Waals surface area contributed by atoms with Gasteiger partial charge in [0.1, 0.15) is 11.3 Å². The highest BCUT2D eigenvalue weighted by molar-refractivity contribution is 5.50. The number of ether oxygens (including phenoxy) is 2. The number of hydrogen-bond donors (Lipinski definition) is 0. The highest BCUT2D eigenvalue weighted by Gasteiger charge is 2.26. The fraction of sp³-hybridized carbons (Fsp3) is 0.375. The second-order valence-electron chi connectivity index (χ2n) is 9.27. The van der Waals surface area contributed by atoms with Crippen molar-refractivity contribution in [3.63, 3.8) is 0 Å². The van der Waals surface area contributed by atoms with Crippen molar-refractivity contribution in [1.82, 2.24) is 0 Å². The zero-order valence-electron chi connectivity index (χ0n) is 22.9. The summed E-state index contributed by atoms with van der Waals surface area (Å²) in [5.74, 6) is -1.92. The Hall–Kier alpha value is -3.86. The maximum Gasteiger partial charge on any atom is 0.205 e. The molecule has 4 nitrogen and oxygen atoms in total. The Morgan fingerprint density at radius 3 is 1.68 bits per heavy atom. The van der Waals surface area contributed by atoms with E-state index in [1.165, 1.54) is 0 Å². The second kappa shape index (κ2) is 16.3. The van der Waals surface area contributed by atoms with Gasteiger partial charge in [-0.25, -0.2) is 8.78 Å². The van der Waals surface area contributed by atoms with Gasteiger partial charge in [0.15, 0.2) is 17.4 Å². The molecular formula is C32H34F4N2O2. The lowest BCUT2D eigenvalue weighted by molar-refractivity contribution is 0.263. The number of hydrogen-bond acceptors (Lipinski definition) is 4. The number of nitrogens with zero attached hydrogens (tertiary/aromatic N) is 2. The summed E-state index contributed by atoms with van der Waals surface area (Å²) in [5.41, 5.74) is 0.544. The summed E-state index contributed by atoms with van der Waals surface area (Å²) in [5, 5.41) is 8.34. The zero-order valence-corrected chi connectivity index (χ0v) is 22.9. The lowest BCUT2D eigenvalue weighted by Crippen LogP contribution is -2.08. The van der Waals surface area contributed by atoms with E-state index in [9.17, 15) is 17.6 Å². The summed E-state index contributed by atoms with van der Waals surface area (Å²) in [4.78, 5) is 0. The molecule has 3 aromatic rings. The molecule has 0 saturated heterocycles. The minimum absolute atomic E-state index is 0.0377. The van der Waals surface area contributed by atoms with E-state index >= 15 is 0 Å². The van der Waals surface area contributed by atoms with E-state index in [1.807, 2.05) is 12.1 Å². The maximum absolute atomic E-state index is 14.5. The summed E-state index contributed by atoms with van der Waals surface area (Å²) in [6.07, 6.45) is 7.64. The number of benzene rings is 3. The van der Waals surface area contributed by atoms with Crippen LogP contribution in [0, 0.1) is 35.1 Å². The van der Waals surface area contributed by atoms with Gasteiger partial charge in [-0.2, -0.15) is 19.0 Å². The summed E-state index contributed by atoms with van der Waals surface area (Å²) < 4.78 is 68.6. The molecule has 0 bridgehead atoms. The maximum atomic E-state index is 14.5. The van der Waals surface area contributed by atoms with Crippen molar-refractivity contribution in [2.24, 2.45) is 10.2 Å². The minimum atomic E-state index is -1.59. The summed E-state index contributed by atoms with van der Waals surface area (Å²) >= 11 is 0. The minimum Gasteiger partial charge on any atom is -0.494 e. The van der Waals surface area contributed by atoms with Gasteiger partial charge in [-0.15, -0.1) is 0 Å². The van der Waals surface area contributed by atoms with Crippen molar-refractivity contribution >= 4 is 11.4 Å². The largest absolute Gasteiger partial charge is 0.494 e. The van der Waals surface area contributed by atoms with E-state index in [0.29, 0.717) is 30.0 Å². The molecule has 212 valence electrons. The molecule has 40 heavy (non-hydrogen) atoms. The third-order valence-electron chi connectivity index (χ3n) is 6.05. The van der Waals surface area contributed by atoms with Crippen molar-refractivity contribution in [2.75, 3.05) is 13.2 Å². The van der Waals surface area contributed by atoms with Crippen LogP contribution in [0.25, 0.3) is 0 Å². The Labute approximate surface area is 233 Å². The first kappa shape index (κ1) is 30.7. The molecule has 0 aromatic heterocycles. The van der Waals surface area contributed by atoms with Crippen molar-refractivity contribution in [3.05, 3.63) is 82.9 Å². The van der Waals surface area contributed by atoms with Crippen LogP contribution in [0.15, 0.2) is 58.8 Å². The SMILES string of the molecule is CCCCCCCOc1c(F)c(F)c(C#Cc2ccc(N=Nc3ccc(OCCCCC)cc3)cc2)c(F)c1F. The zero-order chi connectivity index (χ0) is 28.7. The van der Waals surface area contributed by atoms with Crippen LogP contribution in [-0.2, 0) is 0 Å². The fourth-order valence-electron chi connectivity index (χ4n) is 3.74. The van der Waals surface area contributed by atoms with Crippen LogP contribution in [0.3, 0.4) is 0 Å². The molecule has 0 fully saturated rings. The van der Waals surface area contributed by atoms with Crippen molar-refractivity contribution in [1.29, 1.82) is 0 Å². The monoisotopic (exact) mass is 554 g/mol. The third-order valence-corrected chi connectivity index (χ3v) is 6.05. The van der Waals surface area contributed by atoms with Gasteiger partial charge in [-0.05, 0) is 61.4 Å². The van der Waals surface area contributed by atoms with Crippen LogP contribution < -0.4 is 9.47 Å². The third kappa shape index (κ3) is 9.11. The molecule has 0 aliphatic heterocycles. The normalized spacial score (nSPS) is 10.9. The molecule has 3 aromatic carbocycles. The van der Waals surface area contributed by atoms with Crippen LogP contribution in [0.5, 0.6) is 11.5 Å². The molecule has 0 unspecified atom stereocenters. The van der Waals surface area contributed by atoms with Crippen molar-refractivity contribution in [3.8, 4) is 23.3 Å². The Kier molecular flexibility index (Phi) is 12.5. The molecule has 3 rings (SSSR count). The molecule has 0 atom stereocenters. The highest BCUT2D eigenvalue weighted by Crippen LogP contribution is 2.30. The first-order valence-corrected chi connectivity index (χ1v) is 13.7. The first-order valence-electron chi connectivity index (χ1n) is 13.7. The van der Waals surface area contributed by atoms with Crippen LogP contribution in [0.4, 0.5) is 28.9 Å². The fourth-order valence-corrected chi connectivity index (χ4v) is 3.74. The second-order valence-corrected chi connectivity index (χ2v) is 9.27. The molecule has 0 spiro atoms. The predicted octanol–water partition coefficient (Wildman–Crippen LogP) is 9.98. The summed E-state index contributed by atoms with van der Waals surface area (Å²) in [6, 6.07) is 13.6. The van der Waals surface area contributed by atoms with Gasteiger partial charge in [-0.3, -0.25) is 0 Å². The molecule has 0 amide bonds.